The average Bonchev–Trinajstić information content (AvgIpc) is 2.41. The van der Waals surface area contributed by atoms with E-state index in [1.54, 1.807) is 6.07 Å². The summed E-state index contributed by atoms with van der Waals surface area (Å²) >= 11 is 0. The Morgan fingerprint density at radius 3 is 2.68 bits per heavy atom. The molecule has 0 radical (unpaired) electrons. The summed E-state index contributed by atoms with van der Waals surface area (Å²) in [6.45, 7) is 5.79. The fourth-order valence-electron chi connectivity index (χ4n) is 2.09. The number of carbonyl (C=O) groups is 1. The fourth-order valence-corrected chi connectivity index (χ4v) is 2.09. The monoisotopic (exact) mass is 254 g/mol. The molecule has 0 unspecified atom stereocenters. The number of benzene rings is 1. The van der Waals surface area contributed by atoms with Gasteiger partial charge in [-0.05, 0) is 38.0 Å². The topological polar surface area (TPSA) is 42.9 Å². The second-order valence-corrected chi connectivity index (χ2v) is 4.76. The molecule has 2 aromatic rings. The second-order valence-electron chi connectivity index (χ2n) is 4.76. The molecule has 0 N–H and O–H groups in total. The number of ketones is 1. The lowest BCUT2D eigenvalue weighted by molar-refractivity contribution is 0.103. The molecule has 1 heterocycles. The van der Waals surface area contributed by atoms with E-state index in [1.807, 2.05) is 32.0 Å². The van der Waals surface area contributed by atoms with Gasteiger partial charge in [-0.1, -0.05) is 31.5 Å². The van der Waals surface area contributed by atoms with Gasteiger partial charge < -0.3 is 0 Å². The van der Waals surface area contributed by atoms with Crippen LogP contribution in [0.4, 0.5) is 0 Å². The highest BCUT2D eigenvalue weighted by Crippen LogP contribution is 2.15. The Morgan fingerprint density at radius 2 is 1.95 bits per heavy atom. The van der Waals surface area contributed by atoms with E-state index >= 15 is 0 Å². The van der Waals surface area contributed by atoms with Crippen molar-refractivity contribution in [2.24, 2.45) is 0 Å². The molecule has 19 heavy (non-hydrogen) atoms. The first-order valence-corrected chi connectivity index (χ1v) is 6.56. The van der Waals surface area contributed by atoms with Crippen molar-refractivity contribution in [2.75, 3.05) is 0 Å². The van der Waals surface area contributed by atoms with Crippen LogP contribution in [0.25, 0.3) is 0 Å². The first kappa shape index (κ1) is 13.4. The zero-order valence-corrected chi connectivity index (χ0v) is 11.6. The van der Waals surface area contributed by atoms with E-state index in [0.717, 1.165) is 24.1 Å². The highest BCUT2D eigenvalue weighted by Gasteiger charge is 2.13. The zero-order valence-electron chi connectivity index (χ0n) is 11.6. The molecule has 0 aliphatic carbocycles. The Kier molecular flexibility index (Phi) is 4.05. The molecule has 0 atom stereocenters. The van der Waals surface area contributed by atoms with E-state index in [-0.39, 0.29) is 5.78 Å². The van der Waals surface area contributed by atoms with Crippen molar-refractivity contribution in [3.63, 3.8) is 0 Å². The van der Waals surface area contributed by atoms with Crippen LogP contribution in [-0.2, 0) is 6.42 Å². The third-order valence-electron chi connectivity index (χ3n) is 3.07. The number of rotatable bonds is 4. The van der Waals surface area contributed by atoms with Crippen LogP contribution >= 0.6 is 0 Å². The first-order chi connectivity index (χ1) is 9.11. The number of aryl methyl sites for hydroxylation is 3. The van der Waals surface area contributed by atoms with E-state index in [4.69, 9.17) is 0 Å². The van der Waals surface area contributed by atoms with Crippen molar-refractivity contribution in [2.45, 2.75) is 33.6 Å². The van der Waals surface area contributed by atoms with Gasteiger partial charge in [0.15, 0.2) is 5.78 Å². The summed E-state index contributed by atoms with van der Waals surface area (Å²) in [5.41, 5.74) is 4.00. The van der Waals surface area contributed by atoms with Gasteiger partial charge in [-0.25, -0.2) is 0 Å². The van der Waals surface area contributed by atoms with Crippen LogP contribution in [0.15, 0.2) is 30.3 Å². The molecule has 1 aromatic heterocycles. The lowest BCUT2D eigenvalue weighted by atomic mass is 9.99. The predicted octanol–water partition coefficient (Wildman–Crippen LogP) is 3.28. The summed E-state index contributed by atoms with van der Waals surface area (Å²) in [5.74, 6) is 0.0217. The Balaban J connectivity index is 2.38. The Hall–Kier alpha value is -2.03. The molecule has 98 valence electrons. The van der Waals surface area contributed by atoms with E-state index < -0.39 is 0 Å². The molecule has 3 nitrogen and oxygen atoms in total. The minimum Gasteiger partial charge on any atom is -0.289 e. The quantitative estimate of drug-likeness (QED) is 0.786. The van der Waals surface area contributed by atoms with Crippen molar-refractivity contribution in [3.8, 4) is 0 Å². The molecule has 2 rings (SSSR count). The first-order valence-electron chi connectivity index (χ1n) is 6.56. The van der Waals surface area contributed by atoms with Crippen LogP contribution in [0, 0.1) is 13.8 Å². The van der Waals surface area contributed by atoms with E-state index in [9.17, 15) is 4.79 Å². The van der Waals surface area contributed by atoms with E-state index in [2.05, 4.69) is 23.2 Å². The fraction of sp³-hybridized carbons (Fsp3) is 0.312. The zero-order chi connectivity index (χ0) is 13.8. The maximum atomic E-state index is 12.5. The minimum absolute atomic E-state index is 0.0217. The maximum Gasteiger partial charge on any atom is 0.194 e. The molecule has 0 bridgehead atoms. The Labute approximate surface area is 113 Å². The summed E-state index contributed by atoms with van der Waals surface area (Å²) in [6, 6.07) is 9.63. The summed E-state index contributed by atoms with van der Waals surface area (Å²) in [4.78, 5) is 12.5. The standard InChI is InChI=1S/C16H18N2O/c1-4-6-13-7-5-8-14(10-13)16(19)15-9-11(2)17-18-12(15)3/h5,7-10H,4,6H2,1-3H3. The van der Waals surface area contributed by atoms with Gasteiger partial charge in [0.05, 0.1) is 11.4 Å². The Bertz CT molecular complexity index is 605. The van der Waals surface area contributed by atoms with Crippen LogP contribution in [-0.4, -0.2) is 16.0 Å². The molecule has 0 aliphatic rings. The summed E-state index contributed by atoms with van der Waals surface area (Å²) in [6.07, 6.45) is 2.07. The van der Waals surface area contributed by atoms with Gasteiger partial charge >= 0.3 is 0 Å². The van der Waals surface area contributed by atoms with Gasteiger partial charge in [-0.15, -0.1) is 0 Å². The largest absolute Gasteiger partial charge is 0.289 e. The van der Waals surface area contributed by atoms with Crippen molar-refractivity contribution in [3.05, 3.63) is 58.4 Å². The molecule has 0 amide bonds. The lowest BCUT2D eigenvalue weighted by Crippen LogP contribution is -2.07. The summed E-state index contributed by atoms with van der Waals surface area (Å²) < 4.78 is 0. The van der Waals surface area contributed by atoms with Crippen LogP contribution < -0.4 is 0 Å². The van der Waals surface area contributed by atoms with Gasteiger partial charge in [-0.3, -0.25) is 4.79 Å². The number of carbonyl (C=O) groups excluding carboxylic acids is 1. The number of nitrogens with zero attached hydrogens (tertiary/aromatic N) is 2. The predicted molar refractivity (Wildman–Crippen MR) is 75.4 cm³/mol. The second kappa shape index (κ2) is 5.74. The van der Waals surface area contributed by atoms with E-state index in [1.165, 1.54) is 5.56 Å². The van der Waals surface area contributed by atoms with Gasteiger partial charge in [0, 0.05) is 11.1 Å². The highest BCUT2D eigenvalue weighted by molar-refractivity contribution is 6.09. The van der Waals surface area contributed by atoms with Gasteiger partial charge in [0.1, 0.15) is 0 Å². The molecule has 0 saturated carbocycles. The van der Waals surface area contributed by atoms with Crippen LogP contribution in [0.3, 0.4) is 0 Å². The van der Waals surface area contributed by atoms with Crippen molar-refractivity contribution >= 4 is 5.78 Å². The highest BCUT2D eigenvalue weighted by atomic mass is 16.1. The third kappa shape index (κ3) is 3.05. The molecular weight excluding hydrogens is 236 g/mol. The van der Waals surface area contributed by atoms with Gasteiger partial charge in [0.2, 0.25) is 0 Å². The smallest absolute Gasteiger partial charge is 0.194 e. The molecule has 0 spiro atoms. The third-order valence-corrected chi connectivity index (χ3v) is 3.07. The summed E-state index contributed by atoms with van der Waals surface area (Å²) in [7, 11) is 0. The van der Waals surface area contributed by atoms with Crippen LogP contribution in [0.1, 0.15) is 46.2 Å². The molecule has 0 aliphatic heterocycles. The average molecular weight is 254 g/mol. The van der Waals surface area contributed by atoms with Crippen molar-refractivity contribution in [1.29, 1.82) is 0 Å². The van der Waals surface area contributed by atoms with Gasteiger partial charge in [0.25, 0.3) is 0 Å². The normalized spacial score (nSPS) is 10.5. The number of hydrogen-bond acceptors (Lipinski definition) is 3. The molecule has 0 fully saturated rings. The number of aromatic nitrogens is 2. The van der Waals surface area contributed by atoms with Crippen molar-refractivity contribution in [1.82, 2.24) is 10.2 Å². The molecule has 0 saturated heterocycles. The van der Waals surface area contributed by atoms with Crippen LogP contribution in [0.2, 0.25) is 0 Å². The van der Waals surface area contributed by atoms with E-state index in [0.29, 0.717) is 11.3 Å². The lowest BCUT2D eigenvalue weighted by Gasteiger charge is -2.06. The molecule has 1 aromatic carbocycles. The molecule has 3 heteroatoms. The minimum atomic E-state index is 0.0217. The summed E-state index contributed by atoms with van der Waals surface area (Å²) in [5, 5.41) is 7.97. The number of hydrogen-bond donors (Lipinski definition) is 0. The van der Waals surface area contributed by atoms with Crippen molar-refractivity contribution < 1.29 is 4.79 Å². The van der Waals surface area contributed by atoms with Crippen LogP contribution in [0.5, 0.6) is 0 Å². The van der Waals surface area contributed by atoms with Gasteiger partial charge in [-0.2, -0.15) is 10.2 Å². The maximum absolute atomic E-state index is 12.5. The Morgan fingerprint density at radius 1 is 1.16 bits per heavy atom. The SMILES string of the molecule is CCCc1cccc(C(=O)c2cc(C)nnc2C)c1. The molecular formula is C16H18N2O.